The van der Waals surface area contributed by atoms with Crippen molar-refractivity contribution in [1.82, 2.24) is 10.2 Å². The molecule has 0 radical (unpaired) electrons. The molecule has 2 atom stereocenters. The van der Waals surface area contributed by atoms with E-state index in [1.165, 1.54) is 19.3 Å². The molecular weight excluding hydrogens is 204 g/mol. The van der Waals surface area contributed by atoms with E-state index >= 15 is 0 Å². The van der Waals surface area contributed by atoms with Crippen molar-refractivity contribution in [1.29, 1.82) is 0 Å². The number of nitrogens with zero attached hydrogens (tertiary/aromatic N) is 1. The Kier molecular flexibility index (Phi) is 4.74. The SMILES string of the molecule is CNC(C)(CN1CCCC(C)CC1)C(=O)O. The van der Waals surface area contributed by atoms with Crippen LogP contribution in [0.15, 0.2) is 0 Å². The summed E-state index contributed by atoms with van der Waals surface area (Å²) < 4.78 is 0. The maximum absolute atomic E-state index is 11.2. The van der Waals surface area contributed by atoms with Gasteiger partial charge >= 0.3 is 5.97 Å². The maximum atomic E-state index is 11.2. The molecule has 2 N–H and O–H groups in total. The summed E-state index contributed by atoms with van der Waals surface area (Å²) in [6.07, 6.45) is 3.62. The zero-order chi connectivity index (χ0) is 12.2. The van der Waals surface area contributed by atoms with E-state index in [-0.39, 0.29) is 0 Å². The first kappa shape index (κ1) is 13.5. The quantitative estimate of drug-likeness (QED) is 0.758. The lowest BCUT2D eigenvalue weighted by molar-refractivity contribution is -0.144. The second-order valence-electron chi connectivity index (χ2n) is 5.20. The number of likely N-dealkylation sites (tertiary alicyclic amines) is 1. The number of carboxylic acid groups (broad SMARTS) is 1. The first-order valence-corrected chi connectivity index (χ1v) is 6.12. The van der Waals surface area contributed by atoms with Crippen LogP contribution in [0.5, 0.6) is 0 Å². The third-order valence-electron chi connectivity index (χ3n) is 3.67. The summed E-state index contributed by atoms with van der Waals surface area (Å²) in [5.74, 6) is 0.00275. The number of likely N-dealkylation sites (N-methyl/N-ethyl adjacent to an activating group) is 1. The van der Waals surface area contributed by atoms with Crippen molar-refractivity contribution < 1.29 is 9.90 Å². The van der Waals surface area contributed by atoms with E-state index in [1.807, 2.05) is 0 Å². The minimum atomic E-state index is -0.826. The van der Waals surface area contributed by atoms with Crippen LogP contribution in [0, 0.1) is 5.92 Å². The Balaban J connectivity index is 2.54. The minimum absolute atomic E-state index is 0.589. The van der Waals surface area contributed by atoms with Gasteiger partial charge in [-0.05, 0) is 52.2 Å². The van der Waals surface area contributed by atoms with Crippen LogP contribution in [-0.2, 0) is 4.79 Å². The van der Waals surface area contributed by atoms with Gasteiger partial charge in [-0.2, -0.15) is 0 Å². The highest BCUT2D eigenvalue weighted by Gasteiger charge is 2.33. The lowest BCUT2D eigenvalue weighted by atomic mass is 10.0. The molecule has 94 valence electrons. The molecule has 0 aliphatic carbocycles. The number of carbonyl (C=O) groups is 1. The molecule has 4 heteroatoms. The molecule has 1 aliphatic heterocycles. The summed E-state index contributed by atoms with van der Waals surface area (Å²) in [6.45, 7) is 6.66. The van der Waals surface area contributed by atoms with Crippen LogP contribution < -0.4 is 5.32 Å². The Bertz CT molecular complexity index is 245. The average Bonchev–Trinajstić information content (AvgIpc) is 2.43. The zero-order valence-corrected chi connectivity index (χ0v) is 10.6. The fraction of sp³-hybridized carbons (Fsp3) is 0.917. The highest BCUT2D eigenvalue weighted by Crippen LogP contribution is 2.18. The van der Waals surface area contributed by atoms with Crippen molar-refractivity contribution in [3.8, 4) is 0 Å². The summed E-state index contributed by atoms with van der Waals surface area (Å²) >= 11 is 0. The molecule has 4 nitrogen and oxygen atoms in total. The fourth-order valence-electron chi connectivity index (χ4n) is 2.18. The number of nitrogens with one attached hydrogen (secondary N) is 1. The monoisotopic (exact) mass is 228 g/mol. The summed E-state index contributed by atoms with van der Waals surface area (Å²) in [7, 11) is 1.72. The van der Waals surface area contributed by atoms with Crippen molar-refractivity contribution >= 4 is 5.97 Å². The number of hydrogen-bond donors (Lipinski definition) is 2. The molecule has 0 bridgehead atoms. The Morgan fingerprint density at radius 3 is 2.75 bits per heavy atom. The van der Waals surface area contributed by atoms with Crippen LogP contribution in [0.3, 0.4) is 0 Å². The van der Waals surface area contributed by atoms with Crippen molar-refractivity contribution in [2.45, 2.75) is 38.6 Å². The van der Waals surface area contributed by atoms with Gasteiger partial charge in [-0.25, -0.2) is 0 Å². The van der Waals surface area contributed by atoms with Crippen LogP contribution in [0.2, 0.25) is 0 Å². The van der Waals surface area contributed by atoms with Crippen LogP contribution >= 0.6 is 0 Å². The van der Waals surface area contributed by atoms with Crippen molar-refractivity contribution in [3.05, 3.63) is 0 Å². The molecule has 0 aromatic heterocycles. The Morgan fingerprint density at radius 2 is 2.19 bits per heavy atom. The molecule has 0 aromatic carbocycles. The zero-order valence-electron chi connectivity index (χ0n) is 10.6. The summed E-state index contributed by atoms with van der Waals surface area (Å²) in [5.41, 5.74) is -0.826. The van der Waals surface area contributed by atoms with Crippen LogP contribution in [0.1, 0.15) is 33.1 Å². The third-order valence-corrected chi connectivity index (χ3v) is 3.67. The molecule has 16 heavy (non-hydrogen) atoms. The van der Waals surface area contributed by atoms with Gasteiger partial charge in [0.1, 0.15) is 5.54 Å². The van der Waals surface area contributed by atoms with Crippen molar-refractivity contribution in [2.75, 3.05) is 26.7 Å². The number of aliphatic carboxylic acids is 1. The first-order valence-electron chi connectivity index (χ1n) is 6.12. The van der Waals surface area contributed by atoms with Gasteiger partial charge < -0.3 is 15.3 Å². The maximum Gasteiger partial charge on any atom is 0.324 e. The van der Waals surface area contributed by atoms with Gasteiger partial charge in [0.15, 0.2) is 0 Å². The second kappa shape index (κ2) is 5.64. The molecule has 2 unspecified atom stereocenters. The van der Waals surface area contributed by atoms with E-state index in [4.69, 9.17) is 0 Å². The number of rotatable bonds is 4. The van der Waals surface area contributed by atoms with E-state index < -0.39 is 11.5 Å². The molecule has 1 aliphatic rings. The van der Waals surface area contributed by atoms with Crippen LogP contribution in [0.25, 0.3) is 0 Å². The van der Waals surface area contributed by atoms with E-state index in [2.05, 4.69) is 17.1 Å². The van der Waals surface area contributed by atoms with Gasteiger partial charge in [0.25, 0.3) is 0 Å². The number of carboxylic acids is 1. The predicted molar refractivity (Wildman–Crippen MR) is 64.6 cm³/mol. The van der Waals surface area contributed by atoms with Gasteiger partial charge in [0.2, 0.25) is 0 Å². The molecule has 0 spiro atoms. The molecule has 1 saturated heterocycles. The fourth-order valence-corrected chi connectivity index (χ4v) is 2.18. The lowest BCUT2D eigenvalue weighted by Crippen LogP contribution is -2.55. The largest absolute Gasteiger partial charge is 0.480 e. The molecule has 1 heterocycles. The van der Waals surface area contributed by atoms with E-state index in [0.717, 1.165) is 19.0 Å². The van der Waals surface area contributed by atoms with Crippen LogP contribution in [0.4, 0.5) is 0 Å². The van der Waals surface area contributed by atoms with Crippen LogP contribution in [-0.4, -0.2) is 48.2 Å². The predicted octanol–water partition coefficient (Wildman–Crippen LogP) is 1.17. The molecule has 0 aromatic rings. The number of hydrogen-bond acceptors (Lipinski definition) is 3. The minimum Gasteiger partial charge on any atom is -0.480 e. The smallest absolute Gasteiger partial charge is 0.324 e. The van der Waals surface area contributed by atoms with Gasteiger partial charge in [-0.15, -0.1) is 0 Å². The molecule has 0 amide bonds. The normalized spacial score (nSPS) is 27.1. The van der Waals surface area contributed by atoms with Gasteiger partial charge in [-0.1, -0.05) is 6.92 Å². The Morgan fingerprint density at radius 1 is 1.50 bits per heavy atom. The highest BCUT2D eigenvalue weighted by molar-refractivity contribution is 5.78. The van der Waals surface area contributed by atoms with Crippen molar-refractivity contribution in [2.24, 2.45) is 5.92 Å². The summed E-state index contributed by atoms with van der Waals surface area (Å²) in [6, 6.07) is 0. The van der Waals surface area contributed by atoms with Gasteiger partial charge in [0.05, 0.1) is 0 Å². The molecule has 1 rings (SSSR count). The lowest BCUT2D eigenvalue weighted by Gasteiger charge is -2.31. The topological polar surface area (TPSA) is 52.6 Å². The second-order valence-corrected chi connectivity index (χ2v) is 5.20. The first-order chi connectivity index (χ1) is 7.48. The van der Waals surface area contributed by atoms with E-state index in [1.54, 1.807) is 14.0 Å². The molecule has 0 saturated carbocycles. The van der Waals surface area contributed by atoms with Crippen molar-refractivity contribution in [3.63, 3.8) is 0 Å². The van der Waals surface area contributed by atoms with Gasteiger partial charge in [0, 0.05) is 6.54 Å². The molecule has 1 fully saturated rings. The highest BCUT2D eigenvalue weighted by atomic mass is 16.4. The van der Waals surface area contributed by atoms with E-state index in [9.17, 15) is 9.90 Å². The summed E-state index contributed by atoms with van der Waals surface area (Å²) in [4.78, 5) is 13.5. The average molecular weight is 228 g/mol. The summed E-state index contributed by atoms with van der Waals surface area (Å²) in [5, 5.41) is 12.1. The van der Waals surface area contributed by atoms with E-state index in [0.29, 0.717) is 6.54 Å². The molecular formula is C12H24N2O2. The Hall–Kier alpha value is -0.610. The standard InChI is InChI=1S/C12H24N2O2/c1-10-5-4-7-14(8-6-10)9-12(2,13-3)11(15)16/h10,13H,4-9H2,1-3H3,(H,15,16). The third kappa shape index (κ3) is 3.46. The van der Waals surface area contributed by atoms with Gasteiger partial charge in [-0.3, -0.25) is 4.79 Å². The Labute approximate surface area is 98.0 Å².